The molecule has 2 rings (SSSR count). The summed E-state index contributed by atoms with van der Waals surface area (Å²) in [5.41, 5.74) is 2.53. The first kappa shape index (κ1) is 18.2. The van der Waals surface area contributed by atoms with Crippen molar-refractivity contribution in [2.75, 3.05) is 18.1 Å². The Morgan fingerprint density at radius 1 is 1.00 bits per heavy atom. The van der Waals surface area contributed by atoms with Crippen LogP contribution in [0.1, 0.15) is 11.1 Å². The Labute approximate surface area is 151 Å². The van der Waals surface area contributed by atoms with Crippen molar-refractivity contribution in [3.05, 3.63) is 58.6 Å². The average Bonchev–Trinajstić information content (AvgIpc) is 2.54. The minimum atomic E-state index is 0.0740. The topological polar surface area (TPSA) is 29.1 Å². The predicted octanol–water partition coefficient (Wildman–Crippen LogP) is 4.96. The highest BCUT2D eigenvalue weighted by Gasteiger charge is 2.04. The van der Waals surface area contributed by atoms with E-state index in [9.17, 15) is 4.79 Å². The summed E-state index contributed by atoms with van der Waals surface area (Å²) in [7, 11) is 0. The Kier molecular flexibility index (Phi) is 7.34. The predicted molar refractivity (Wildman–Crippen MR) is 102 cm³/mol. The summed E-state index contributed by atoms with van der Waals surface area (Å²) in [5, 5.41) is 3.70. The summed E-state index contributed by atoms with van der Waals surface area (Å²) < 4.78 is 0. The lowest BCUT2D eigenvalue weighted by atomic mass is 10.1. The zero-order chi connectivity index (χ0) is 16.7. The van der Waals surface area contributed by atoms with Crippen LogP contribution in [0.3, 0.4) is 0 Å². The summed E-state index contributed by atoms with van der Waals surface area (Å²) >= 11 is 9.13. The molecular weight excluding hydrogens is 346 g/mol. The lowest BCUT2D eigenvalue weighted by Gasteiger charge is -2.07. The third-order valence-corrected chi connectivity index (χ3v) is 5.61. The first-order chi connectivity index (χ1) is 11.0. The molecule has 0 atom stereocenters. The molecule has 2 nitrogen and oxygen atoms in total. The second-order valence-corrected chi connectivity index (χ2v) is 7.84. The SMILES string of the molecule is Cc1ccc(SCC(=O)NCCSc2ccc(Cl)cc2)cc1C. The van der Waals surface area contributed by atoms with Crippen LogP contribution in [0.15, 0.2) is 52.3 Å². The molecule has 0 saturated carbocycles. The van der Waals surface area contributed by atoms with Crippen LogP contribution in [0, 0.1) is 13.8 Å². The van der Waals surface area contributed by atoms with E-state index in [1.165, 1.54) is 11.1 Å². The van der Waals surface area contributed by atoms with E-state index in [2.05, 4.69) is 37.4 Å². The second kappa shape index (κ2) is 9.26. The minimum absolute atomic E-state index is 0.0740. The first-order valence-corrected chi connectivity index (χ1v) is 9.74. The minimum Gasteiger partial charge on any atom is -0.355 e. The van der Waals surface area contributed by atoms with Crippen molar-refractivity contribution < 1.29 is 4.79 Å². The largest absolute Gasteiger partial charge is 0.355 e. The van der Waals surface area contributed by atoms with Crippen LogP contribution in [0.5, 0.6) is 0 Å². The number of hydrogen-bond donors (Lipinski definition) is 1. The van der Waals surface area contributed by atoms with E-state index < -0.39 is 0 Å². The van der Waals surface area contributed by atoms with Gasteiger partial charge in [-0.2, -0.15) is 0 Å². The lowest BCUT2D eigenvalue weighted by molar-refractivity contribution is -0.118. The molecule has 1 amide bonds. The number of benzene rings is 2. The third-order valence-electron chi connectivity index (χ3n) is 3.35. The summed E-state index contributed by atoms with van der Waals surface area (Å²) in [4.78, 5) is 14.2. The molecular formula is C18H20ClNOS2. The number of thioether (sulfide) groups is 2. The molecule has 0 radical (unpaired) electrons. The summed E-state index contributed by atoms with van der Waals surface area (Å²) in [5.74, 6) is 1.38. The van der Waals surface area contributed by atoms with Crippen molar-refractivity contribution in [3.8, 4) is 0 Å². The highest BCUT2D eigenvalue weighted by molar-refractivity contribution is 8.00. The fraction of sp³-hybridized carbons (Fsp3) is 0.278. The molecule has 0 fully saturated rings. The van der Waals surface area contributed by atoms with E-state index in [4.69, 9.17) is 11.6 Å². The van der Waals surface area contributed by atoms with E-state index in [1.54, 1.807) is 23.5 Å². The van der Waals surface area contributed by atoms with E-state index in [0.29, 0.717) is 12.3 Å². The van der Waals surface area contributed by atoms with Gasteiger partial charge in [0.2, 0.25) is 5.91 Å². The second-order valence-electron chi connectivity index (χ2n) is 5.19. The molecule has 0 saturated heterocycles. The number of aryl methyl sites for hydroxylation is 2. The molecule has 122 valence electrons. The molecule has 0 aromatic heterocycles. The van der Waals surface area contributed by atoms with Gasteiger partial charge in [-0.15, -0.1) is 23.5 Å². The summed E-state index contributed by atoms with van der Waals surface area (Å²) in [6.07, 6.45) is 0. The monoisotopic (exact) mass is 365 g/mol. The van der Waals surface area contributed by atoms with Gasteiger partial charge in [0, 0.05) is 27.1 Å². The number of amides is 1. The van der Waals surface area contributed by atoms with Gasteiger partial charge in [-0.25, -0.2) is 0 Å². The normalized spacial score (nSPS) is 10.6. The van der Waals surface area contributed by atoms with Gasteiger partial charge in [-0.3, -0.25) is 4.79 Å². The molecule has 0 spiro atoms. The Balaban J connectivity index is 1.65. The maximum absolute atomic E-state index is 11.9. The van der Waals surface area contributed by atoms with Crippen molar-refractivity contribution in [2.45, 2.75) is 23.6 Å². The molecule has 0 unspecified atom stereocenters. The van der Waals surface area contributed by atoms with Crippen LogP contribution in [0.25, 0.3) is 0 Å². The van der Waals surface area contributed by atoms with E-state index in [1.807, 2.05) is 24.3 Å². The standard InChI is InChI=1S/C18H20ClNOS2/c1-13-3-6-17(11-14(13)2)23-12-18(21)20-9-10-22-16-7-4-15(19)5-8-16/h3-8,11H,9-10,12H2,1-2H3,(H,20,21). The molecule has 0 heterocycles. The number of hydrogen-bond acceptors (Lipinski definition) is 3. The molecule has 0 aliphatic rings. The van der Waals surface area contributed by atoms with Crippen molar-refractivity contribution >= 4 is 41.0 Å². The van der Waals surface area contributed by atoms with Crippen LogP contribution in [-0.4, -0.2) is 24.0 Å². The molecule has 2 aromatic rings. The summed E-state index contributed by atoms with van der Waals surface area (Å²) in [6, 6.07) is 14.0. The van der Waals surface area contributed by atoms with Crippen LogP contribution in [-0.2, 0) is 4.79 Å². The van der Waals surface area contributed by atoms with Crippen molar-refractivity contribution in [1.29, 1.82) is 0 Å². The molecule has 0 aliphatic heterocycles. The molecule has 2 aromatic carbocycles. The van der Waals surface area contributed by atoms with Crippen LogP contribution in [0.2, 0.25) is 5.02 Å². The van der Waals surface area contributed by atoms with Gasteiger partial charge in [-0.1, -0.05) is 17.7 Å². The highest BCUT2D eigenvalue weighted by atomic mass is 35.5. The fourth-order valence-electron chi connectivity index (χ4n) is 1.89. The molecule has 1 N–H and O–H groups in total. The van der Waals surface area contributed by atoms with Gasteiger partial charge < -0.3 is 5.32 Å². The Morgan fingerprint density at radius 3 is 2.39 bits per heavy atom. The number of rotatable bonds is 7. The Morgan fingerprint density at radius 2 is 1.70 bits per heavy atom. The fourth-order valence-corrected chi connectivity index (χ4v) is 3.61. The zero-order valence-corrected chi connectivity index (χ0v) is 15.7. The van der Waals surface area contributed by atoms with Gasteiger partial charge in [0.05, 0.1) is 5.75 Å². The third kappa shape index (κ3) is 6.50. The number of nitrogens with one attached hydrogen (secondary N) is 1. The van der Waals surface area contributed by atoms with Gasteiger partial charge >= 0.3 is 0 Å². The van der Waals surface area contributed by atoms with Gasteiger partial charge in [0.1, 0.15) is 0 Å². The van der Waals surface area contributed by atoms with Gasteiger partial charge in [0.25, 0.3) is 0 Å². The smallest absolute Gasteiger partial charge is 0.230 e. The quantitative estimate of drug-likeness (QED) is 0.555. The summed E-state index contributed by atoms with van der Waals surface area (Å²) in [6.45, 7) is 4.85. The molecule has 0 bridgehead atoms. The highest BCUT2D eigenvalue weighted by Crippen LogP contribution is 2.21. The van der Waals surface area contributed by atoms with E-state index >= 15 is 0 Å². The van der Waals surface area contributed by atoms with Crippen molar-refractivity contribution in [2.24, 2.45) is 0 Å². The molecule has 23 heavy (non-hydrogen) atoms. The Bertz CT molecular complexity index is 659. The maximum atomic E-state index is 11.9. The number of halogens is 1. The van der Waals surface area contributed by atoms with Crippen LogP contribution < -0.4 is 5.32 Å². The lowest BCUT2D eigenvalue weighted by Crippen LogP contribution is -2.27. The Hall–Kier alpha value is -1.10. The number of carbonyl (C=O) groups is 1. The van der Waals surface area contributed by atoms with E-state index in [-0.39, 0.29) is 5.91 Å². The first-order valence-electron chi connectivity index (χ1n) is 7.40. The van der Waals surface area contributed by atoms with Crippen molar-refractivity contribution in [1.82, 2.24) is 5.32 Å². The zero-order valence-electron chi connectivity index (χ0n) is 13.3. The van der Waals surface area contributed by atoms with Crippen molar-refractivity contribution in [3.63, 3.8) is 0 Å². The molecule has 5 heteroatoms. The maximum Gasteiger partial charge on any atom is 0.230 e. The molecule has 0 aliphatic carbocycles. The van der Waals surface area contributed by atoms with Crippen LogP contribution >= 0.6 is 35.1 Å². The van der Waals surface area contributed by atoms with Gasteiger partial charge in [-0.05, 0) is 61.4 Å². The van der Waals surface area contributed by atoms with Crippen LogP contribution in [0.4, 0.5) is 0 Å². The average molecular weight is 366 g/mol. The van der Waals surface area contributed by atoms with Gasteiger partial charge in [0.15, 0.2) is 0 Å². The van der Waals surface area contributed by atoms with E-state index in [0.717, 1.165) is 20.6 Å². The number of carbonyl (C=O) groups excluding carboxylic acids is 1.